The fraction of sp³-hybridized carbons (Fsp3) is 0.0769. The number of halogens is 2. The van der Waals surface area contributed by atoms with Crippen LogP contribution in [0.4, 0.5) is 11.5 Å². The molecule has 90 valence electrons. The number of benzene rings is 1. The first-order valence-electron chi connectivity index (χ1n) is 5.19. The molecule has 18 heavy (non-hydrogen) atoms. The molecule has 0 aliphatic rings. The first-order chi connectivity index (χ1) is 8.58. The smallest absolute Gasteiger partial charge is 0.133 e. The predicted octanol–water partition coefficient (Wildman–Crippen LogP) is 4.31. The number of nitriles is 1. The molecule has 0 unspecified atom stereocenters. The van der Waals surface area contributed by atoms with Crippen LogP contribution in [0.15, 0.2) is 30.3 Å². The third-order valence-electron chi connectivity index (χ3n) is 2.39. The van der Waals surface area contributed by atoms with Crippen LogP contribution in [-0.2, 0) is 0 Å². The summed E-state index contributed by atoms with van der Waals surface area (Å²) in [5.74, 6) is 0.518. The number of anilines is 2. The summed E-state index contributed by atoms with van der Waals surface area (Å²) in [5, 5.41) is 12.9. The maximum Gasteiger partial charge on any atom is 0.133 e. The van der Waals surface area contributed by atoms with Gasteiger partial charge in [0, 0.05) is 10.7 Å². The van der Waals surface area contributed by atoms with Crippen LogP contribution in [0.1, 0.15) is 11.1 Å². The third kappa shape index (κ3) is 2.92. The summed E-state index contributed by atoms with van der Waals surface area (Å²) < 4.78 is 0. The van der Waals surface area contributed by atoms with Gasteiger partial charge >= 0.3 is 0 Å². The molecule has 1 aromatic heterocycles. The van der Waals surface area contributed by atoms with Crippen molar-refractivity contribution in [2.45, 2.75) is 6.92 Å². The molecule has 0 amide bonds. The molecule has 1 aromatic carbocycles. The second kappa shape index (κ2) is 5.26. The second-order valence-corrected chi connectivity index (χ2v) is 4.58. The van der Waals surface area contributed by atoms with Crippen molar-refractivity contribution in [3.63, 3.8) is 0 Å². The first-order valence-corrected chi connectivity index (χ1v) is 5.95. The van der Waals surface area contributed by atoms with Crippen molar-refractivity contribution in [2.75, 3.05) is 5.32 Å². The highest BCUT2D eigenvalue weighted by molar-refractivity contribution is 6.31. The van der Waals surface area contributed by atoms with Gasteiger partial charge in [-0.05, 0) is 36.8 Å². The zero-order chi connectivity index (χ0) is 13.1. The average Bonchev–Trinajstić information content (AvgIpc) is 2.33. The van der Waals surface area contributed by atoms with Crippen molar-refractivity contribution in [1.82, 2.24) is 4.98 Å². The normalized spacial score (nSPS) is 9.89. The lowest BCUT2D eigenvalue weighted by Gasteiger charge is -2.09. The van der Waals surface area contributed by atoms with Crippen molar-refractivity contribution < 1.29 is 0 Å². The Morgan fingerprint density at radius 2 is 2.00 bits per heavy atom. The lowest BCUT2D eigenvalue weighted by atomic mass is 10.2. The van der Waals surface area contributed by atoms with Gasteiger partial charge in [0.05, 0.1) is 11.6 Å². The Morgan fingerprint density at radius 1 is 1.22 bits per heavy atom. The predicted molar refractivity (Wildman–Crippen MR) is 73.4 cm³/mol. The molecule has 2 aromatic rings. The zero-order valence-electron chi connectivity index (χ0n) is 9.54. The molecular weight excluding hydrogens is 269 g/mol. The van der Waals surface area contributed by atoms with Crippen molar-refractivity contribution in [3.05, 3.63) is 51.6 Å². The second-order valence-electron chi connectivity index (χ2n) is 3.76. The molecule has 0 saturated carbocycles. The fourth-order valence-electron chi connectivity index (χ4n) is 1.49. The van der Waals surface area contributed by atoms with Gasteiger partial charge in [0.25, 0.3) is 0 Å². The minimum atomic E-state index is 0.274. The molecular formula is C13H9Cl2N3. The van der Waals surface area contributed by atoms with E-state index in [1.165, 1.54) is 6.07 Å². The van der Waals surface area contributed by atoms with Gasteiger partial charge in [-0.3, -0.25) is 0 Å². The molecule has 3 nitrogen and oxygen atoms in total. The molecule has 0 bridgehead atoms. The lowest BCUT2D eigenvalue weighted by molar-refractivity contribution is 1.28. The maximum atomic E-state index is 8.87. The highest BCUT2D eigenvalue weighted by Crippen LogP contribution is 2.24. The monoisotopic (exact) mass is 277 g/mol. The van der Waals surface area contributed by atoms with Gasteiger partial charge in [-0.25, -0.2) is 4.98 Å². The molecule has 2 rings (SSSR count). The number of aromatic nitrogens is 1. The molecule has 0 fully saturated rings. The Bertz CT molecular complexity index is 633. The average molecular weight is 278 g/mol. The quantitative estimate of drug-likeness (QED) is 0.832. The molecule has 1 heterocycles. The van der Waals surface area contributed by atoms with Gasteiger partial charge in [0.2, 0.25) is 0 Å². The number of rotatable bonds is 2. The highest BCUT2D eigenvalue weighted by atomic mass is 35.5. The van der Waals surface area contributed by atoms with Gasteiger partial charge in [-0.15, -0.1) is 0 Å². The lowest BCUT2D eigenvalue weighted by Crippen LogP contribution is -1.96. The summed E-state index contributed by atoms with van der Waals surface area (Å²) in [6.45, 7) is 1.95. The number of hydrogen-bond donors (Lipinski definition) is 1. The Kier molecular flexibility index (Phi) is 3.71. The van der Waals surface area contributed by atoms with Crippen molar-refractivity contribution in [3.8, 4) is 6.07 Å². The van der Waals surface area contributed by atoms with Crippen LogP contribution in [0.25, 0.3) is 0 Å². The number of nitrogens with zero attached hydrogens (tertiary/aromatic N) is 2. The first kappa shape index (κ1) is 12.7. The summed E-state index contributed by atoms with van der Waals surface area (Å²) in [4.78, 5) is 4.11. The molecule has 0 aliphatic carbocycles. The largest absolute Gasteiger partial charge is 0.340 e. The van der Waals surface area contributed by atoms with Gasteiger partial charge in [0.1, 0.15) is 11.0 Å². The summed E-state index contributed by atoms with van der Waals surface area (Å²) >= 11 is 11.8. The van der Waals surface area contributed by atoms with E-state index in [4.69, 9.17) is 28.5 Å². The van der Waals surface area contributed by atoms with Crippen LogP contribution in [0.5, 0.6) is 0 Å². The van der Waals surface area contributed by atoms with Gasteiger partial charge in [-0.2, -0.15) is 5.26 Å². The van der Waals surface area contributed by atoms with Crippen LogP contribution < -0.4 is 5.32 Å². The van der Waals surface area contributed by atoms with Crippen LogP contribution in [0.2, 0.25) is 10.2 Å². The standard InChI is InChI=1S/C13H9Cl2N3/c1-8-2-3-10(14)6-11(8)17-13-5-9(7-16)4-12(15)18-13/h2-6H,1H3,(H,17,18). The van der Waals surface area contributed by atoms with Crippen LogP contribution in [0.3, 0.4) is 0 Å². The summed E-state index contributed by atoms with van der Waals surface area (Å²) in [7, 11) is 0. The van der Waals surface area contributed by atoms with Crippen LogP contribution in [0, 0.1) is 18.3 Å². The number of aryl methyl sites for hydroxylation is 1. The zero-order valence-corrected chi connectivity index (χ0v) is 11.0. The minimum Gasteiger partial charge on any atom is -0.340 e. The number of pyridine rings is 1. The minimum absolute atomic E-state index is 0.274. The van der Waals surface area contributed by atoms with E-state index in [9.17, 15) is 0 Å². The Hall–Kier alpha value is -1.76. The summed E-state index contributed by atoms with van der Waals surface area (Å²) in [6, 6.07) is 10.7. The van der Waals surface area contributed by atoms with Gasteiger partial charge in [0.15, 0.2) is 0 Å². The van der Waals surface area contributed by atoms with E-state index in [0.717, 1.165) is 11.3 Å². The number of nitrogens with one attached hydrogen (secondary N) is 1. The SMILES string of the molecule is Cc1ccc(Cl)cc1Nc1cc(C#N)cc(Cl)n1. The molecule has 5 heteroatoms. The van der Waals surface area contributed by atoms with Gasteiger partial charge in [-0.1, -0.05) is 29.3 Å². The number of hydrogen-bond acceptors (Lipinski definition) is 3. The Morgan fingerprint density at radius 3 is 2.72 bits per heavy atom. The van der Waals surface area contributed by atoms with Crippen molar-refractivity contribution in [2.24, 2.45) is 0 Å². The fourth-order valence-corrected chi connectivity index (χ4v) is 1.87. The van der Waals surface area contributed by atoms with E-state index in [1.807, 2.05) is 25.1 Å². The highest BCUT2D eigenvalue weighted by Gasteiger charge is 2.04. The van der Waals surface area contributed by atoms with E-state index in [-0.39, 0.29) is 5.15 Å². The molecule has 1 N–H and O–H groups in total. The van der Waals surface area contributed by atoms with Crippen molar-refractivity contribution >= 4 is 34.7 Å². The molecule has 0 aliphatic heterocycles. The van der Waals surface area contributed by atoms with Crippen LogP contribution >= 0.6 is 23.2 Å². The van der Waals surface area contributed by atoms with E-state index < -0.39 is 0 Å². The molecule has 0 spiro atoms. The third-order valence-corrected chi connectivity index (χ3v) is 2.81. The van der Waals surface area contributed by atoms with Gasteiger partial charge < -0.3 is 5.32 Å². The van der Waals surface area contributed by atoms with E-state index in [0.29, 0.717) is 16.4 Å². The van der Waals surface area contributed by atoms with Crippen molar-refractivity contribution in [1.29, 1.82) is 5.26 Å². The maximum absolute atomic E-state index is 8.87. The molecule has 0 radical (unpaired) electrons. The van der Waals surface area contributed by atoms with E-state index in [2.05, 4.69) is 10.3 Å². The summed E-state index contributed by atoms with van der Waals surface area (Å²) in [5.41, 5.74) is 2.32. The topological polar surface area (TPSA) is 48.7 Å². The Labute approximate surface area is 115 Å². The molecule has 0 saturated heterocycles. The van der Waals surface area contributed by atoms with E-state index >= 15 is 0 Å². The van der Waals surface area contributed by atoms with E-state index in [1.54, 1.807) is 12.1 Å². The van der Waals surface area contributed by atoms with Crippen LogP contribution in [-0.4, -0.2) is 4.98 Å². The Balaban J connectivity index is 2.37. The summed E-state index contributed by atoms with van der Waals surface area (Å²) in [6.07, 6.45) is 0. The molecule has 0 atom stereocenters.